The Morgan fingerprint density at radius 3 is 2.37 bits per heavy atom. The monoisotopic (exact) mass is 332 g/mol. The molecule has 0 bridgehead atoms. The van der Waals surface area contributed by atoms with Crippen molar-refractivity contribution in [2.75, 3.05) is 19.5 Å². The van der Waals surface area contributed by atoms with Crippen LogP contribution in [0.5, 0.6) is 11.5 Å². The van der Waals surface area contributed by atoms with Crippen molar-refractivity contribution in [2.24, 2.45) is 0 Å². The first-order valence-corrected chi connectivity index (χ1v) is 6.84. The van der Waals surface area contributed by atoms with E-state index in [2.05, 4.69) is 15.9 Å². The highest BCUT2D eigenvalue weighted by Crippen LogP contribution is 2.34. The third kappa shape index (κ3) is 3.68. The number of hydrogen-bond donors (Lipinski definition) is 2. The summed E-state index contributed by atoms with van der Waals surface area (Å²) in [4.78, 5) is 10.9. The lowest BCUT2D eigenvalue weighted by Gasteiger charge is -2.21. The van der Waals surface area contributed by atoms with Crippen LogP contribution in [0.1, 0.15) is 28.4 Å². The molecule has 2 unspecified atom stereocenters. The second-order valence-electron chi connectivity index (χ2n) is 3.94. The van der Waals surface area contributed by atoms with Gasteiger partial charge >= 0.3 is 0 Å². The quantitative estimate of drug-likeness (QED) is 0.587. The zero-order chi connectivity index (χ0) is 14.4. The first-order chi connectivity index (χ1) is 9.08. The van der Waals surface area contributed by atoms with E-state index in [-0.39, 0.29) is 0 Å². The predicted molar refractivity (Wildman–Crippen MR) is 74.3 cm³/mol. The number of hydrogen-bond acceptors (Lipinski definition) is 5. The van der Waals surface area contributed by atoms with E-state index in [1.807, 2.05) is 0 Å². The Kier molecular flexibility index (Phi) is 6.27. The maximum atomic E-state index is 10.9. The van der Waals surface area contributed by atoms with E-state index >= 15 is 0 Å². The van der Waals surface area contributed by atoms with Crippen molar-refractivity contribution in [3.8, 4) is 11.5 Å². The van der Waals surface area contributed by atoms with Gasteiger partial charge in [-0.3, -0.25) is 4.79 Å². The summed E-state index contributed by atoms with van der Waals surface area (Å²) in [7, 11) is 2.86. The summed E-state index contributed by atoms with van der Waals surface area (Å²) in [6.45, 7) is 0. The van der Waals surface area contributed by atoms with Crippen LogP contribution in [0, 0.1) is 0 Å². The second kappa shape index (κ2) is 7.47. The van der Waals surface area contributed by atoms with Gasteiger partial charge in [-0.05, 0) is 18.6 Å². The summed E-state index contributed by atoms with van der Waals surface area (Å²) in [5.74, 6) is 0.667. The number of carbonyl (C=O) groups excluding carboxylic acids is 1. The van der Waals surface area contributed by atoms with Gasteiger partial charge in [-0.1, -0.05) is 15.9 Å². The van der Waals surface area contributed by atoms with Crippen molar-refractivity contribution in [2.45, 2.75) is 18.6 Å². The minimum Gasteiger partial charge on any atom is -0.496 e. The van der Waals surface area contributed by atoms with E-state index in [0.29, 0.717) is 40.7 Å². The number of methoxy groups -OCH3 is 2. The zero-order valence-electron chi connectivity index (χ0n) is 10.8. The molecule has 1 aromatic rings. The van der Waals surface area contributed by atoms with E-state index in [0.717, 1.165) is 0 Å². The fourth-order valence-corrected chi connectivity index (χ4v) is 2.21. The largest absolute Gasteiger partial charge is 0.496 e. The topological polar surface area (TPSA) is 76.0 Å². The standard InChI is InChI=1S/C13H17BrO5/c1-18-11-6-9(13(17)10(16)3-4-14)12(19-2)5-8(11)7-15/h5-7,10,13,16-17H,3-4H2,1-2H3. The molecule has 5 nitrogen and oxygen atoms in total. The predicted octanol–water partition coefficient (Wildman–Crippen LogP) is 1.70. The van der Waals surface area contributed by atoms with Crippen molar-refractivity contribution in [3.05, 3.63) is 23.3 Å². The highest BCUT2D eigenvalue weighted by Gasteiger charge is 2.23. The summed E-state index contributed by atoms with van der Waals surface area (Å²) in [5, 5.41) is 20.5. The lowest BCUT2D eigenvalue weighted by molar-refractivity contribution is 0.0159. The minimum absolute atomic E-state index is 0.324. The lowest BCUT2D eigenvalue weighted by Crippen LogP contribution is -2.19. The molecule has 19 heavy (non-hydrogen) atoms. The van der Waals surface area contributed by atoms with Crippen LogP contribution >= 0.6 is 15.9 Å². The highest BCUT2D eigenvalue weighted by atomic mass is 79.9. The number of rotatable bonds is 7. The van der Waals surface area contributed by atoms with Gasteiger partial charge in [0.2, 0.25) is 0 Å². The Balaban J connectivity index is 3.21. The van der Waals surface area contributed by atoms with Crippen molar-refractivity contribution in [1.82, 2.24) is 0 Å². The van der Waals surface area contributed by atoms with E-state index < -0.39 is 12.2 Å². The molecule has 0 radical (unpaired) electrons. The van der Waals surface area contributed by atoms with Gasteiger partial charge in [0, 0.05) is 10.9 Å². The van der Waals surface area contributed by atoms with Gasteiger partial charge in [0.15, 0.2) is 6.29 Å². The highest BCUT2D eigenvalue weighted by molar-refractivity contribution is 9.09. The summed E-state index contributed by atoms with van der Waals surface area (Å²) in [5.41, 5.74) is 0.712. The molecule has 0 aliphatic rings. The maximum absolute atomic E-state index is 10.9. The summed E-state index contributed by atoms with van der Waals surface area (Å²) >= 11 is 3.20. The molecular formula is C13H17BrO5. The third-order valence-corrected chi connectivity index (χ3v) is 3.25. The SMILES string of the molecule is COc1cc(C(O)C(O)CCBr)c(OC)cc1C=O. The fraction of sp³-hybridized carbons (Fsp3) is 0.462. The van der Waals surface area contributed by atoms with Crippen LogP contribution in [-0.2, 0) is 0 Å². The smallest absolute Gasteiger partial charge is 0.153 e. The molecule has 106 valence electrons. The fourth-order valence-electron chi connectivity index (χ4n) is 1.75. The lowest BCUT2D eigenvalue weighted by atomic mass is 9.99. The molecule has 0 aliphatic heterocycles. The molecule has 0 aliphatic carbocycles. The number of benzene rings is 1. The molecule has 0 saturated heterocycles. The van der Waals surface area contributed by atoms with Gasteiger partial charge in [-0.25, -0.2) is 0 Å². The second-order valence-corrected chi connectivity index (χ2v) is 4.74. The normalized spacial score (nSPS) is 13.7. The van der Waals surface area contributed by atoms with Crippen LogP contribution in [0.2, 0.25) is 0 Å². The van der Waals surface area contributed by atoms with Crippen LogP contribution in [-0.4, -0.2) is 42.2 Å². The number of aliphatic hydroxyl groups excluding tert-OH is 2. The number of aliphatic hydroxyl groups is 2. The van der Waals surface area contributed by atoms with E-state index in [1.54, 1.807) is 0 Å². The number of halogens is 1. The molecule has 0 saturated carbocycles. The van der Waals surface area contributed by atoms with E-state index in [4.69, 9.17) is 9.47 Å². The Labute approximate surface area is 120 Å². The van der Waals surface area contributed by atoms with Crippen LogP contribution in [0.4, 0.5) is 0 Å². The molecule has 0 aromatic heterocycles. The summed E-state index contributed by atoms with van der Waals surface area (Å²) in [6.07, 6.45) is -1.00. The summed E-state index contributed by atoms with van der Waals surface area (Å²) < 4.78 is 10.2. The molecule has 0 amide bonds. The molecule has 1 rings (SSSR count). The van der Waals surface area contributed by atoms with Gasteiger partial charge in [0.1, 0.15) is 17.6 Å². The van der Waals surface area contributed by atoms with Crippen LogP contribution in [0.3, 0.4) is 0 Å². The van der Waals surface area contributed by atoms with E-state index in [9.17, 15) is 15.0 Å². The van der Waals surface area contributed by atoms with E-state index in [1.165, 1.54) is 26.4 Å². The Hall–Kier alpha value is -1.11. The molecule has 1 aromatic carbocycles. The number of ether oxygens (including phenoxy) is 2. The Bertz CT molecular complexity index is 435. The Morgan fingerprint density at radius 2 is 1.89 bits per heavy atom. The van der Waals surface area contributed by atoms with Crippen LogP contribution in [0.25, 0.3) is 0 Å². The van der Waals surface area contributed by atoms with Gasteiger partial charge in [0.05, 0.1) is 25.9 Å². The number of alkyl halides is 1. The van der Waals surface area contributed by atoms with Crippen LogP contribution in [0.15, 0.2) is 12.1 Å². The van der Waals surface area contributed by atoms with Gasteiger partial charge in [-0.15, -0.1) is 0 Å². The average molecular weight is 333 g/mol. The molecule has 0 spiro atoms. The summed E-state index contributed by atoms with van der Waals surface area (Å²) in [6, 6.07) is 2.98. The van der Waals surface area contributed by atoms with Gasteiger partial charge in [0.25, 0.3) is 0 Å². The van der Waals surface area contributed by atoms with Crippen molar-refractivity contribution >= 4 is 22.2 Å². The molecule has 6 heteroatoms. The molecule has 2 N–H and O–H groups in total. The minimum atomic E-state index is -1.11. The molecule has 0 fully saturated rings. The van der Waals surface area contributed by atoms with Crippen molar-refractivity contribution < 1.29 is 24.5 Å². The van der Waals surface area contributed by atoms with Gasteiger partial charge < -0.3 is 19.7 Å². The van der Waals surface area contributed by atoms with Crippen molar-refractivity contribution in [3.63, 3.8) is 0 Å². The zero-order valence-corrected chi connectivity index (χ0v) is 12.4. The molecular weight excluding hydrogens is 316 g/mol. The number of aldehydes is 1. The first kappa shape index (κ1) is 15.9. The maximum Gasteiger partial charge on any atom is 0.153 e. The first-order valence-electron chi connectivity index (χ1n) is 5.72. The Morgan fingerprint density at radius 1 is 1.26 bits per heavy atom. The van der Waals surface area contributed by atoms with Crippen LogP contribution < -0.4 is 9.47 Å². The third-order valence-electron chi connectivity index (χ3n) is 2.80. The van der Waals surface area contributed by atoms with Crippen molar-refractivity contribution in [1.29, 1.82) is 0 Å². The van der Waals surface area contributed by atoms with Gasteiger partial charge in [-0.2, -0.15) is 0 Å². The molecule has 2 atom stereocenters. The average Bonchev–Trinajstić information content (AvgIpc) is 2.45. The molecule has 0 heterocycles. The number of carbonyl (C=O) groups is 1.